The summed E-state index contributed by atoms with van der Waals surface area (Å²) < 4.78 is 59.3. The molecular weight excluding hydrogens is 612 g/mol. The minimum absolute atomic E-state index is 0.0241. The highest BCUT2D eigenvalue weighted by Crippen LogP contribution is 2.36. The fourth-order valence-electron chi connectivity index (χ4n) is 5.92. The molecule has 2 saturated heterocycles. The van der Waals surface area contributed by atoms with Crippen LogP contribution in [0, 0.1) is 19.7 Å². The number of rotatable bonds is 7. The summed E-state index contributed by atoms with van der Waals surface area (Å²) in [5, 5.41) is 2.08. The van der Waals surface area contributed by atoms with Gasteiger partial charge in [-0.25, -0.2) is 9.18 Å². The number of benzene rings is 2. The van der Waals surface area contributed by atoms with Gasteiger partial charge in [0.15, 0.2) is 0 Å². The third kappa shape index (κ3) is 6.81. The van der Waals surface area contributed by atoms with E-state index < -0.39 is 29.4 Å². The predicted octanol–water partition coefficient (Wildman–Crippen LogP) is 2.56. The molecule has 3 heterocycles. The van der Waals surface area contributed by atoms with E-state index in [9.17, 15) is 32.3 Å². The Hall–Kier alpha value is -4.59. The van der Waals surface area contributed by atoms with Crippen molar-refractivity contribution in [3.05, 3.63) is 98.2 Å². The zero-order valence-corrected chi connectivity index (χ0v) is 25.3. The summed E-state index contributed by atoms with van der Waals surface area (Å²) >= 11 is 0. The third-order valence-corrected chi connectivity index (χ3v) is 8.76. The number of hydrogen-bond donors (Lipinski definition) is 1. The summed E-state index contributed by atoms with van der Waals surface area (Å²) in [6, 6.07) is 13.5. The Kier molecular flexibility index (Phi) is 9.29. The van der Waals surface area contributed by atoms with Crippen LogP contribution in [0.1, 0.15) is 51.1 Å². The Labute approximate surface area is 261 Å². The van der Waals surface area contributed by atoms with Gasteiger partial charge < -0.3 is 14.5 Å². The molecule has 0 radical (unpaired) electrons. The van der Waals surface area contributed by atoms with Gasteiger partial charge in [0.25, 0.3) is 11.6 Å². The molecule has 46 heavy (non-hydrogen) atoms. The summed E-state index contributed by atoms with van der Waals surface area (Å²) in [4.78, 5) is 58.3. The number of carbonyl (C=O) groups is 3. The Morgan fingerprint density at radius 1 is 1.02 bits per heavy atom. The van der Waals surface area contributed by atoms with E-state index in [4.69, 9.17) is 4.74 Å². The predicted molar refractivity (Wildman–Crippen MR) is 154 cm³/mol. The number of amides is 2. The smallest absolute Gasteiger partial charge is 0.381 e. The molecule has 0 atom stereocenters. The molecule has 2 amide bonds. The topological polar surface area (TPSA) is 113 Å². The Bertz CT molecular complexity index is 1700. The molecule has 14 heteroatoms. The Morgan fingerprint density at radius 2 is 1.72 bits per heavy atom. The largest absolute Gasteiger partial charge is 0.498 e. The summed E-state index contributed by atoms with van der Waals surface area (Å²) in [5.74, 6) is -4.39. The van der Waals surface area contributed by atoms with Gasteiger partial charge in [0, 0.05) is 49.4 Å². The number of nitrogens with one attached hydrogen (secondary N) is 1. The van der Waals surface area contributed by atoms with E-state index in [-0.39, 0.29) is 65.3 Å². The third-order valence-electron chi connectivity index (χ3n) is 8.76. The maximum atomic E-state index is 15.0. The monoisotopic (exact) mass is 645 g/mol. The molecule has 5 rings (SSSR count). The normalized spacial score (nSPS) is 16.8. The number of H-pyrrole nitrogens is 1. The molecule has 0 aliphatic carbocycles. The van der Waals surface area contributed by atoms with Crippen molar-refractivity contribution in [1.82, 2.24) is 14.9 Å². The number of hydrogen-bond acceptors (Lipinski definition) is 6. The molecule has 0 bridgehead atoms. The molecule has 2 aliphatic heterocycles. The quantitative estimate of drug-likeness (QED) is 0.313. The first kappa shape index (κ1) is 32.8. The van der Waals surface area contributed by atoms with E-state index in [0.29, 0.717) is 24.6 Å². The van der Waals surface area contributed by atoms with E-state index in [1.54, 1.807) is 4.90 Å². The van der Waals surface area contributed by atoms with E-state index in [2.05, 4.69) is 9.94 Å². The van der Waals surface area contributed by atoms with Gasteiger partial charge in [-0.2, -0.15) is 18.0 Å². The van der Waals surface area contributed by atoms with Gasteiger partial charge in [-0.3, -0.25) is 14.4 Å². The van der Waals surface area contributed by atoms with Crippen LogP contribution in [0.15, 0.2) is 53.3 Å². The summed E-state index contributed by atoms with van der Waals surface area (Å²) in [6.45, 7) is 4.66. The van der Waals surface area contributed by atoms with Crippen molar-refractivity contribution >= 4 is 17.8 Å². The van der Waals surface area contributed by atoms with Crippen LogP contribution in [0.2, 0.25) is 0 Å². The van der Waals surface area contributed by atoms with Crippen LogP contribution in [-0.2, 0) is 26.2 Å². The lowest BCUT2D eigenvalue weighted by Crippen LogP contribution is -2.58. The van der Waals surface area contributed by atoms with Gasteiger partial charge in [-0.05, 0) is 49.9 Å². The fraction of sp³-hybridized carbons (Fsp3) is 0.406. The molecular formula is C32H33F4N4O6+. The van der Waals surface area contributed by atoms with Gasteiger partial charge in [-0.15, -0.1) is 0 Å². The van der Waals surface area contributed by atoms with Crippen molar-refractivity contribution < 1.29 is 46.4 Å². The number of carbonyl (C=O) groups excluding carboxylic acids is 3. The fourth-order valence-corrected chi connectivity index (χ4v) is 5.92. The standard InChI is InChI=1S/C32H32F4N4O6/c1-20-21(2)28(42)37-40(46-30(44)32(34,35)36)26(20)17-22-8-9-25(33)24(16-22)29(43)38-12-13-39(27(41)18-38)19-31(10-14-45-15-11-31)23-6-4-3-5-7-23/h3-9,16H,10-15,17-19H2,1-2H3/p+1. The maximum absolute atomic E-state index is 15.0. The molecule has 0 spiro atoms. The molecule has 10 nitrogen and oxygen atoms in total. The van der Waals surface area contributed by atoms with E-state index in [0.717, 1.165) is 24.5 Å². The van der Waals surface area contributed by atoms with Crippen LogP contribution >= 0.6 is 0 Å². The molecule has 2 aliphatic rings. The van der Waals surface area contributed by atoms with Crippen molar-refractivity contribution in [3.8, 4) is 0 Å². The second-order valence-electron chi connectivity index (χ2n) is 11.6. The molecule has 3 aromatic rings. The zero-order valence-electron chi connectivity index (χ0n) is 25.3. The highest BCUT2D eigenvalue weighted by Gasteiger charge is 2.46. The average molecular weight is 646 g/mol. The minimum Gasteiger partial charge on any atom is -0.381 e. The van der Waals surface area contributed by atoms with Gasteiger partial charge in [0.1, 0.15) is 17.2 Å². The second-order valence-corrected chi connectivity index (χ2v) is 11.6. The van der Waals surface area contributed by atoms with Crippen LogP contribution in [0.25, 0.3) is 0 Å². The van der Waals surface area contributed by atoms with Crippen molar-refractivity contribution in [2.75, 3.05) is 39.4 Å². The number of ether oxygens (including phenoxy) is 1. The number of alkyl halides is 3. The van der Waals surface area contributed by atoms with E-state index in [1.807, 2.05) is 30.3 Å². The lowest BCUT2D eigenvalue weighted by Gasteiger charge is -2.44. The zero-order chi connectivity index (χ0) is 33.2. The average Bonchev–Trinajstić information content (AvgIpc) is 3.03. The lowest BCUT2D eigenvalue weighted by atomic mass is 9.73. The van der Waals surface area contributed by atoms with Gasteiger partial charge in [-0.1, -0.05) is 41.5 Å². The van der Waals surface area contributed by atoms with Crippen LogP contribution in [0.5, 0.6) is 0 Å². The summed E-state index contributed by atoms with van der Waals surface area (Å²) in [7, 11) is 0. The molecule has 2 aromatic carbocycles. The molecule has 1 aromatic heterocycles. The van der Waals surface area contributed by atoms with Crippen molar-refractivity contribution in [2.45, 2.75) is 44.7 Å². The highest BCUT2D eigenvalue weighted by molar-refractivity contribution is 5.97. The van der Waals surface area contributed by atoms with E-state index >= 15 is 4.39 Å². The van der Waals surface area contributed by atoms with Crippen LogP contribution < -0.4 is 15.2 Å². The number of piperazine rings is 1. The number of aromatic amines is 1. The maximum Gasteiger partial charge on any atom is 0.498 e. The first-order valence-electron chi connectivity index (χ1n) is 14.7. The second kappa shape index (κ2) is 13.0. The number of halogens is 4. The van der Waals surface area contributed by atoms with Crippen molar-refractivity contribution in [3.63, 3.8) is 0 Å². The van der Waals surface area contributed by atoms with Gasteiger partial charge in [0.2, 0.25) is 5.91 Å². The van der Waals surface area contributed by atoms with Crippen LogP contribution in [-0.4, -0.2) is 78.3 Å². The van der Waals surface area contributed by atoms with Gasteiger partial charge >= 0.3 is 17.7 Å². The molecule has 0 unspecified atom stereocenters. The molecule has 0 saturated carbocycles. The molecule has 1 N–H and O–H groups in total. The van der Waals surface area contributed by atoms with Crippen molar-refractivity contribution in [2.24, 2.45) is 0 Å². The summed E-state index contributed by atoms with van der Waals surface area (Å²) in [6.07, 6.45) is -4.08. The Morgan fingerprint density at radius 3 is 2.37 bits per heavy atom. The van der Waals surface area contributed by atoms with Crippen molar-refractivity contribution in [1.29, 1.82) is 0 Å². The lowest BCUT2D eigenvalue weighted by molar-refractivity contribution is -0.921. The number of aromatic nitrogens is 2. The molecule has 2 fully saturated rings. The van der Waals surface area contributed by atoms with Crippen LogP contribution in [0.4, 0.5) is 17.6 Å². The summed E-state index contributed by atoms with van der Waals surface area (Å²) in [5.41, 5.74) is 0.378. The van der Waals surface area contributed by atoms with E-state index in [1.165, 1.54) is 30.9 Å². The SMILES string of the molecule is Cc1c(C)c(=O)[nH][n+](OC(=O)C(F)(F)F)c1Cc1ccc(F)c(C(=O)N2CCN(CC3(c4ccccc4)CCOCC3)C(=O)C2)c1. The first-order valence-corrected chi connectivity index (χ1v) is 14.7. The molecule has 244 valence electrons. The van der Waals surface area contributed by atoms with Crippen LogP contribution in [0.3, 0.4) is 0 Å². The highest BCUT2D eigenvalue weighted by atomic mass is 19.4. The Balaban J connectivity index is 1.34. The van der Waals surface area contributed by atoms with Gasteiger partial charge in [0.05, 0.1) is 12.0 Å². The minimum atomic E-state index is -5.33. The number of nitrogens with zero attached hydrogens (tertiary/aromatic N) is 3. The first-order chi connectivity index (χ1) is 21.8.